The zero-order valence-electron chi connectivity index (χ0n) is 7.70. The van der Waals surface area contributed by atoms with Gasteiger partial charge in [-0.05, 0) is 35.0 Å². The Kier molecular flexibility index (Phi) is 2.60. The van der Waals surface area contributed by atoms with E-state index in [1.807, 2.05) is 23.7 Å². The Bertz CT molecular complexity index is 447. The molecular weight excluding hydrogens is 262 g/mol. The predicted molar refractivity (Wildman–Crippen MR) is 62.5 cm³/mol. The van der Waals surface area contributed by atoms with Gasteiger partial charge in [-0.25, -0.2) is 4.68 Å². The van der Waals surface area contributed by atoms with Crippen molar-refractivity contribution in [3.8, 4) is 0 Å². The van der Waals surface area contributed by atoms with Crippen molar-refractivity contribution >= 4 is 33.1 Å². The summed E-state index contributed by atoms with van der Waals surface area (Å²) in [6.45, 7) is 2.69. The molecule has 0 bridgehead atoms. The van der Waals surface area contributed by atoms with Crippen LogP contribution >= 0.6 is 27.3 Å². The summed E-state index contributed by atoms with van der Waals surface area (Å²) in [5.74, 6) is 0.715. The Hall–Kier alpha value is -0.810. The van der Waals surface area contributed by atoms with E-state index in [9.17, 15) is 0 Å². The number of nitrogens with two attached hydrogens (primary N) is 1. The molecule has 0 saturated carbocycles. The van der Waals surface area contributed by atoms with Gasteiger partial charge in [0.15, 0.2) is 0 Å². The molecule has 2 aromatic heterocycles. The molecule has 0 aliphatic rings. The predicted octanol–water partition coefficient (Wildman–Crippen LogP) is 2.65. The lowest BCUT2D eigenvalue weighted by molar-refractivity contribution is 0.697. The molecule has 0 radical (unpaired) electrons. The summed E-state index contributed by atoms with van der Waals surface area (Å²) >= 11 is 5.13. The minimum Gasteiger partial charge on any atom is -0.384 e. The normalized spacial score (nSPS) is 10.7. The van der Waals surface area contributed by atoms with Crippen LogP contribution in [-0.2, 0) is 6.54 Å². The van der Waals surface area contributed by atoms with E-state index >= 15 is 0 Å². The summed E-state index contributed by atoms with van der Waals surface area (Å²) in [4.78, 5) is 1.24. The van der Waals surface area contributed by atoms with Crippen molar-refractivity contribution in [2.75, 3.05) is 5.73 Å². The fourth-order valence-corrected chi connectivity index (χ4v) is 2.74. The van der Waals surface area contributed by atoms with Crippen LogP contribution in [0.15, 0.2) is 22.0 Å². The number of anilines is 1. The highest BCUT2D eigenvalue weighted by atomic mass is 79.9. The van der Waals surface area contributed by atoms with Gasteiger partial charge in [0.2, 0.25) is 0 Å². The molecule has 74 valence electrons. The zero-order valence-corrected chi connectivity index (χ0v) is 10.1. The van der Waals surface area contributed by atoms with Crippen LogP contribution in [0.1, 0.15) is 10.6 Å². The molecule has 14 heavy (non-hydrogen) atoms. The highest BCUT2D eigenvalue weighted by molar-refractivity contribution is 9.11. The minimum atomic E-state index is 0.715. The Balaban J connectivity index is 2.22. The summed E-state index contributed by atoms with van der Waals surface area (Å²) < 4.78 is 2.95. The Morgan fingerprint density at radius 1 is 1.57 bits per heavy atom. The molecule has 0 aliphatic heterocycles. The first-order valence-corrected chi connectivity index (χ1v) is 5.80. The van der Waals surface area contributed by atoms with E-state index in [2.05, 4.69) is 27.1 Å². The fourth-order valence-electron chi connectivity index (χ4n) is 1.28. The molecule has 0 aliphatic carbocycles. The minimum absolute atomic E-state index is 0.715. The van der Waals surface area contributed by atoms with E-state index in [0.29, 0.717) is 5.82 Å². The van der Waals surface area contributed by atoms with Crippen LogP contribution in [0.25, 0.3) is 0 Å². The standard InChI is InChI=1S/C9H10BrN3S/c1-6-4-9(11)13(12-6)5-7-2-3-8(10)14-7/h2-4H,5,11H2,1H3. The van der Waals surface area contributed by atoms with Gasteiger partial charge in [0.25, 0.3) is 0 Å². The van der Waals surface area contributed by atoms with Gasteiger partial charge in [0.05, 0.1) is 16.0 Å². The first-order chi connectivity index (χ1) is 6.65. The quantitative estimate of drug-likeness (QED) is 0.913. The first kappa shape index (κ1) is 9.73. The maximum absolute atomic E-state index is 5.79. The fraction of sp³-hybridized carbons (Fsp3) is 0.222. The van der Waals surface area contributed by atoms with E-state index in [0.717, 1.165) is 16.0 Å². The number of hydrogen-bond donors (Lipinski definition) is 1. The lowest BCUT2D eigenvalue weighted by atomic mass is 10.4. The van der Waals surface area contributed by atoms with Crippen molar-refractivity contribution in [2.24, 2.45) is 0 Å². The van der Waals surface area contributed by atoms with Crippen LogP contribution in [0.4, 0.5) is 5.82 Å². The SMILES string of the molecule is Cc1cc(N)n(Cc2ccc(Br)s2)n1. The molecule has 5 heteroatoms. The number of nitrogens with zero attached hydrogens (tertiary/aromatic N) is 2. The zero-order chi connectivity index (χ0) is 10.1. The van der Waals surface area contributed by atoms with Gasteiger partial charge in [0.1, 0.15) is 5.82 Å². The topological polar surface area (TPSA) is 43.8 Å². The maximum atomic E-state index is 5.79. The van der Waals surface area contributed by atoms with E-state index in [4.69, 9.17) is 5.73 Å². The molecule has 0 saturated heterocycles. The molecule has 0 amide bonds. The van der Waals surface area contributed by atoms with Crippen molar-refractivity contribution in [2.45, 2.75) is 13.5 Å². The van der Waals surface area contributed by atoms with Crippen LogP contribution in [0.2, 0.25) is 0 Å². The van der Waals surface area contributed by atoms with Gasteiger partial charge in [-0.2, -0.15) is 5.10 Å². The maximum Gasteiger partial charge on any atom is 0.122 e. The average molecular weight is 272 g/mol. The second-order valence-electron chi connectivity index (χ2n) is 3.07. The molecule has 0 spiro atoms. The molecule has 2 heterocycles. The summed E-state index contributed by atoms with van der Waals surface area (Å²) in [5.41, 5.74) is 6.75. The van der Waals surface area contributed by atoms with Crippen LogP contribution in [0.5, 0.6) is 0 Å². The smallest absolute Gasteiger partial charge is 0.122 e. The van der Waals surface area contributed by atoms with Crippen LogP contribution in [0, 0.1) is 6.92 Å². The third-order valence-electron chi connectivity index (χ3n) is 1.87. The Morgan fingerprint density at radius 2 is 2.36 bits per heavy atom. The molecule has 0 unspecified atom stereocenters. The average Bonchev–Trinajstić information content (AvgIpc) is 2.61. The number of aryl methyl sites for hydroxylation is 1. The summed E-state index contributed by atoms with van der Waals surface area (Å²) in [6.07, 6.45) is 0. The third kappa shape index (κ3) is 1.99. The van der Waals surface area contributed by atoms with Gasteiger partial charge < -0.3 is 5.73 Å². The number of hydrogen-bond acceptors (Lipinski definition) is 3. The lowest BCUT2D eigenvalue weighted by Crippen LogP contribution is -2.04. The monoisotopic (exact) mass is 271 g/mol. The van der Waals surface area contributed by atoms with Gasteiger partial charge in [-0.1, -0.05) is 0 Å². The van der Waals surface area contributed by atoms with Crippen LogP contribution in [-0.4, -0.2) is 9.78 Å². The summed E-state index contributed by atoms with van der Waals surface area (Å²) in [7, 11) is 0. The number of aromatic nitrogens is 2. The van der Waals surface area contributed by atoms with E-state index in [1.165, 1.54) is 4.88 Å². The van der Waals surface area contributed by atoms with Gasteiger partial charge in [-0.3, -0.25) is 0 Å². The second-order valence-corrected chi connectivity index (χ2v) is 5.62. The first-order valence-electron chi connectivity index (χ1n) is 4.19. The third-order valence-corrected chi connectivity index (χ3v) is 3.48. The van der Waals surface area contributed by atoms with Crippen molar-refractivity contribution in [3.63, 3.8) is 0 Å². The number of thiophene rings is 1. The Morgan fingerprint density at radius 3 is 2.86 bits per heavy atom. The van der Waals surface area contributed by atoms with Crippen LogP contribution in [0.3, 0.4) is 0 Å². The van der Waals surface area contributed by atoms with E-state index < -0.39 is 0 Å². The molecule has 0 aromatic carbocycles. The largest absolute Gasteiger partial charge is 0.384 e. The van der Waals surface area contributed by atoms with Crippen molar-refractivity contribution in [1.82, 2.24) is 9.78 Å². The molecule has 2 aromatic rings. The Labute approximate surface area is 94.7 Å². The highest BCUT2D eigenvalue weighted by Crippen LogP contribution is 2.23. The highest BCUT2D eigenvalue weighted by Gasteiger charge is 2.04. The van der Waals surface area contributed by atoms with E-state index in [1.54, 1.807) is 11.3 Å². The van der Waals surface area contributed by atoms with Crippen molar-refractivity contribution in [3.05, 3.63) is 32.6 Å². The molecule has 0 atom stereocenters. The lowest BCUT2D eigenvalue weighted by Gasteiger charge is -2.00. The number of nitrogen functional groups attached to an aromatic ring is 1. The summed E-state index contributed by atoms with van der Waals surface area (Å²) in [5, 5.41) is 4.30. The second kappa shape index (κ2) is 3.74. The van der Waals surface area contributed by atoms with Crippen LogP contribution < -0.4 is 5.73 Å². The summed E-state index contributed by atoms with van der Waals surface area (Å²) in [6, 6.07) is 5.99. The molecule has 2 rings (SSSR count). The number of halogens is 1. The van der Waals surface area contributed by atoms with Gasteiger partial charge in [0, 0.05) is 10.9 Å². The molecule has 0 fully saturated rings. The number of rotatable bonds is 2. The molecule has 2 N–H and O–H groups in total. The van der Waals surface area contributed by atoms with Crippen molar-refractivity contribution < 1.29 is 0 Å². The van der Waals surface area contributed by atoms with Gasteiger partial charge in [-0.15, -0.1) is 11.3 Å². The van der Waals surface area contributed by atoms with Crippen molar-refractivity contribution in [1.29, 1.82) is 0 Å². The molecule has 3 nitrogen and oxygen atoms in total. The van der Waals surface area contributed by atoms with Gasteiger partial charge >= 0.3 is 0 Å². The van der Waals surface area contributed by atoms with E-state index in [-0.39, 0.29) is 0 Å². The molecular formula is C9H10BrN3S.